The van der Waals surface area contributed by atoms with Crippen molar-refractivity contribution >= 4 is 40.9 Å². The van der Waals surface area contributed by atoms with Gasteiger partial charge in [0.1, 0.15) is 0 Å². The molecule has 5 rings (SSSR count). The second kappa shape index (κ2) is 11.4. The number of rotatable bonds is 6. The molecule has 3 aromatic carbocycles. The molecule has 1 unspecified atom stereocenters. The number of halogens is 2. The first-order valence-corrected chi connectivity index (χ1v) is 14.4. The van der Waals surface area contributed by atoms with Gasteiger partial charge in [-0.3, -0.25) is 4.79 Å². The smallest absolute Gasteiger partial charge is 0.255 e. The number of amides is 1. The number of aliphatic hydroxyl groups is 1. The van der Waals surface area contributed by atoms with E-state index in [9.17, 15) is 9.90 Å². The number of thioether (sulfide) groups is 1. The van der Waals surface area contributed by atoms with Crippen molar-refractivity contribution in [3.8, 4) is 0 Å². The van der Waals surface area contributed by atoms with Crippen LogP contribution in [0, 0.1) is 0 Å². The van der Waals surface area contributed by atoms with Crippen LogP contribution in [-0.2, 0) is 0 Å². The number of carbonyl (C=O) groups excluding carboxylic acids is 1. The summed E-state index contributed by atoms with van der Waals surface area (Å²) in [4.78, 5) is 17.2. The summed E-state index contributed by atoms with van der Waals surface area (Å²) in [5, 5.41) is 11.1. The first kappa shape index (κ1) is 26.5. The Kier molecular flexibility index (Phi) is 8.15. The highest BCUT2D eigenvalue weighted by atomic mass is 35.5. The summed E-state index contributed by atoms with van der Waals surface area (Å²) in [6, 6.07) is 19.8. The maximum atomic E-state index is 14.2. The predicted octanol–water partition coefficient (Wildman–Crippen LogP) is 6.29. The summed E-state index contributed by atoms with van der Waals surface area (Å²) in [5.74, 6) is 0.580. The lowest BCUT2D eigenvalue weighted by Crippen LogP contribution is -2.52. The summed E-state index contributed by atoms with van der Waals surface area (Å²) in [7, 11) is 0. The number of hydrogen-bond acceptors (Lipinski definition) is 5. The zero-order valence-corrected chi connectivity index (χ0v) is 22.7. The van der Waals surface area contributed by atoms with E-state index in [1.807, 2.05) is 47.4 Å². The highest BCUT2D eigenvalue weighted by Crippen LogP contribution is 2.47. The molecule has 1 aliphatic carbocycles. The van der Waals surface area contributed by atoms with Crippen LogP contribution in [0.4, 0.5) is 0 Å². The number of carbonyl (C=O) groups is 1. The molecule has 0 aromatic heterocycles. The molecular weight excluding hydrogens is 525 g/mol. The first-order valence-electron chi connectivity index (χ1n) is 12.6. The number of nitrogens with two attached hydrogens (primary N) is 2. The Labute approximate surface area is 232 Å². The Morgan fingerprint density at radius 2 is 1.73 bits per heavy atom. The molecule has 1 aliphatic heterocycles. The van der Waals surface area contributed by atoms with E-state index < -0.39 is 12.1 Å². The fourth-order valence-electron chi connectivity index (χ4n) is 5.67. The third-order valence-electron chi connectivity index (χ3n) is 7.49. The standard InChI is InChI=1S/C29H31Cl2N3O2S/c30-17-9-14-21(24(31)15-17)28-27(33)26-22(25(32)16-37-20-5-2-1-3-6-20)7-4-8-23(26)29(36)34(28)18-10-12-19(35)13-11-18/h1-9,14-15,18-19,25,27-28,35H,10-13,16,32-33H2/t18?,19?,25?,27-,28+/m1/s1. The summed E-state index contributed by atoms with van der Waals surface area (Å²) >= 11 is 14.6. The van der Waals surface area contributed by atoms with Crippen molar-refractivity contribution in [2.24, 2.45) is 11.5 Å². The average Bonchev–Trinajstić information content (AvgIpc) is 2.90. The van der Waals surface area contributed by atoms with Gasteiger partial charge in [0.05, 0.1) is 18.2 Å². The molecule has 0 spiro atoms. The van der Waals surface area contributed by atoms with E-state index in [2.05, 4.69) is 12.1 Å². The van der Waals surface area contributed by atoms with Gasteiger partial charge >= 0.3 is 0 Å². The van der Waals surface area contributed by atoms with Gasteiger partial charge in [0.15, 0.2) is 0 Å². The Balaban J connectivity index is 1.55. The highest BCUT2D eigenvalue weighted by molar-refractivity contribution is 7.99. The fraction of sp³-hybridized carbons (Fsp3) is 0.345. The lowest BCUT2D eigenvalue weighted by Gasteiger charge is -2.47. The van der Waals surface area contributed by atoms with Crippen LogP contribution in [0.5, 0.6) is 0 Å². The first-order chi connectivity index (χ1) is 17.8. The van der Waals surface area contributed by atoms with Crippen molar-refractivity contribution < 1.29 is 9.90 Å². The Bertz CT molecular complexity index is 1270. The van der Waals surface area contributed by atoms with Gasteiger partial charge in [-0.05, 0) is 72.7 Å². The molecule has 1 amide bonds. The summed E-state index contributed by atoms with van der Waals surface area (Å²) in [5.41, 5.74) is 16.8. The van der Waals surface area contributed by atoms with Gasteiger partial charge in [-0.2, -0.15) is 0 Å². The van der Waals surface area contributed by atoms with Crippen molar-refractivity contribution in [3.05, 3.63) is 99.0 Å². The van der Waals surface area contributed by atoms with Gasteiger partial charge in [-0.1, -0.05) is 59.6 Å². The molecule has 3 aromatic rings. The van der Waals surface area contributed by atoms with E-state index in [1.54, 1.807) is 23.9 Å². The monoisotopic (exact) mass is 555 g/mol. The van der Waals surface area contributed by atoms with Crippen molar-refractivity contribution in [2.45, 2.75) is 60.9 Å². The number of benzene rings is 3. The van der Waals surface area contributed by atoms with Gasteiger partial charge in [0.25, 0.3) is 5.91 Å². The van der Waals surface area contributed by atoms with Crippen LogP contribution in [-0.4, -0.2) is 33.8 Å². The van der Waals surface area contributed by atoms with Gasteiger partial charge in [-0.25, -0.2) is 0 Å². The minimum Gasteiger partial charge on any atom is -0.393 e. The molecule has 0 bridgehead atoms. The Hall–Kier alpha value is -2.06. The van der Waals surface area contributed by atoms with Crippen LogP contribution in [0.25, 0.3) is 0 Å². The van der Waals surface area contributed by atoms with Crippen molar-refractivity contribution in [1.29, 1.82) is 0 Å². The Morgan fingerprint density at radius 1 is 1.00 bits per heavy atom. The zero-order chi connectivity index (χ0) is 26.1. The summed E-state index contributed by atoms with van der Waals surface area (Å²) in [6.07, 6.45) is 2.40. The lowest BCUT2D eigenvalue weighted by atomic mass is 9.79. The van der Waals surface area contributed by atoms with Crippen LogP contribution in [0.2, 0.25) is 10.0 Å². The topological polar surface area (TPSA) is 92.6 Å². The van der Waals surface area contributed by atoms with Gasteiger partial charge in [-0.15, -0.1) is 11.8 Å². The lowest BCUT2D eigenvalue weighted by molar-refractivity contribution is 0.0278. The quantitative estimate of drug-likeness (QED) is 0.311. The number of fused-ring (bicyclic) bond motifs is 1. The van der Waals surface area contributed by atoms with E-state index >= 15 is 0 Å². The maximum absolute atomic E-state index is 14.2. The minimum absolute atomic E-state index is 0.0437. The van der Waals surface area contributed by atoms with Crippen molar-refractivity contribution in [1.82, 2.24) is 4.90 Å². The van der Waals surface area contributed by atoms with E-state index in [0.717, 1.165) is 21.6 Å². The van der Waals surface area contributed by atoms with E-state index in [4.69, 9.17) is 34.7 Å². The predicted molar refractivity (Wildman–Crippen MR) is 151 cm³/mol. The maximum Gasteiger partial charge on any atom is 0.255 e. The van der Waals surface area contributed by atoms with E-state index in [-0.39, 0.29) is 24.1 Å². The fourth-order valence-corrected chi connectivity index (χ4v) is 7.09. The molecule has 194 valence electrons. The second-order valence-electron chi connectivity index (χ2n) is 9.85. The van der Waals surface area contributed by atoms with Crippen molar-refractivity contribution in [3.63, 3.8) is 0 Å². The van der Waals surface area contributed by atoms with Crippen molar-refractivity contribution in [2.75, 3.05) is 5.75 Å². The largest absolute Gasteiger partial charge is 0.393 e. The molecule has 0 saturated heterocycles. The Morgan fingerprint density at radius 3 is 2.43 bits per heavy atom. The van der Waals surface area contributed by atoms with Crippen LogP contribution < -0.4 is 11.5 Å². The molecule has 2 aliphatic rings. The van der Waals surface area contributed by atoms with Gasteiger partial charge in [0, 0.05) is 38.3 Å². The van der Waals surface area contributed by atoms with Crippen LogP contribution in [0.15, 0.2) is 71.6 Å². The summed E-state index contributed by atoms with van der Waals surface area (Å²) < 4.78 is 0. The molecule has 5 N–H and O–H groups in total. The third kappa shape index (κ3) is 5.42. The molecule has 5 nitrogen and oxygen atoms in total. The highest BCUT2D eigenvalue weighted by Gasteiger charge is 2.45. The van der Waals surface area contributed by atoms with Crippen LogP contribution >= 0.6 is 35.0 Å². The molecule has 1 heterocycles. The normalized spacial score (nSPS) is 24.6. The second-order valence-corrected chi connectivity index (χ2v) is 11.8. The van der Waals surface area contributed by atoms with E-state index in [1.165, 1.54) is 0 Å². The number of nitrogens with zero attached hydrogens (tertiary/aromatic N) is 1. The molecule has 0 radical (unpaired) electrons. The zero-order valence-electron chi connectivity index (χ0n) is 20.4. The van der Waals surface area contributed by atoms with Gasteiger partial charge in [0.2, 0.25) is 0 Å². The molecule has 3 atom stereocenters. The molecule has 1 fully saturated rings. The van der Waals surface area contributed by atoms with Gasteiger partial charge < -0.3 is 21.5 Å². The molecular formula is C29H31Cl2N3O2S. The van der Waals surface area contributed by atoms with Crippen LogP contribution in [0.1, 0.15) is 70.9 Å². The van der Waals surface area contributed by atoms with E-state index in [0.29, 0.717) is 47.0 Å². The number of hydrogen-bond donors (Lipinski definition) is 3. The summed E-state index contributed by atoms with van der Waals surface area (Å²) in [6.45, 7) is 0. The van der Waals surface area contributed by atoms with Crippen LogP contribution in [0.3, 0.4) is 0 Å². The average molecular weight is 557 g/mol. The molecule has 37 heavy (non-hydrogen) atoms. The third-order valence-corrected chi connectivity index (χ3v) is 9.18. The molecule has 8 heteroatoms. The number of aliphatic hydroxyl groups excluding tert-OH is 1. The SMILES string of the molecule is NC(CSc1ccccc1)c1cccc2c1[C@@H](N)[C@H](c1ccc(Cl)cc1Cl)N(C1CCC(O)CC1)C2=O. The molecule has 1 saturated carbocycles. The minimum atomic E-state index is -0.526.